The van der Waals surface area contributed by atoms with Crippen LogP contribution >= 0.6 is 0 Å². The molecule has 2 amide bonds. The highest BCUT2D eigenvalue weighted by Gasteiger charge is 2.31. The summed E-state index contributed by atoms with van der Waals surface area (Å²) in [5, 5.41) is 2.98. The number of hydrogen-bond donors (Lipinski definition) is 1. The molecule has 1 saturated heterocycles. The Morgan fingerprint density at radius 3 is 2.38 bits per heavy atom. The number of urea groups is 1. The van der Waals surface area contributed by atoms with Gasteiger partial charge in [-0.25, -0.2) is 4.79 Å². The predicted octanol–water partition coefficient (Wildman–Crippen LogP) is 2.70. The van der Waals surface area contributed by atoms with Gasteiger partial charge in [-0.1, -0.05) is 37.3 Å². The fraction of sp³-hybridized carbons (Fsp3) is 0.588. The molecular formula is C17H27N3O. The van der Waals surface area contributed by atoms with Crippen LogP contribution in [0.4, 0.5) is 4.79 Å². The molecule has 0 aromatic heterocycles. The van der Waals surface area contributed by atoms with Crippen LogP contribution in [0.25, 0.3) is 0 Å². The van der Waals surface area contributed by atoms with E-state index in [2.05, 4.69) is 55.3 Å². The summed E-state index contributed by atoms with van der Waals surface area (Å²) in [5.74, 6) is 0. The molecule has 21 heavy (non-hydrogen) atoms. The Bertz CT molecular complexity index is 437. The molecule has 0 radical (unpaired) electrons. The minimum atomic E-state index is 0.0786. The average molecular weight is 289 g/mol. The second-order valence-corrected chi connectivity index (χ2v) is 5.99. The molecule has 0 saturated carbocycles. The van der Waals surface area contributed by atoms with E-state index in [9.17, 15) is 4.79 Å². The zero-order valence-corrected chi connectivity index (χ0v) is 13.4. The summed E-state index contributed by atoms with van der Waals surface area (Å²) >= 11 is 0. The molecule has 1 fully saturated rings. The van der Waals surface area contributed by atoms with Crippen molar-refractivity contribution in [3.05, 3.63) is 35.9 Å². The van der Waals surface area contributed by atoms with Crippen molar-refractivity contribution >= 4 is 6.03 Å². The van der Waals surface area contributed by atoms with Crippen molar-refractivity contribution in [3.63, 3.8) is 0 Å². The van der Waals surface area contributed by atoms with E-state index < -0.39 is 0 Å². The van der Waals surface area contributed by atoms with Gasteiger partial charge in [0.2, 0.25) is 0 Å². The highest BCUT2D eigenvalue weighted by Crippen LogP contribution is 2.19. The minimum Gasteiger partial charge on any atom is -0.338 e. The molecule has 0 aliphatic carbocycles. The molecule has 1 aromatic rings. The van der Waals surface area contributed by atoms with Crippen LogP contribution in [0.2, 0.25) is 0 Å². The predicted molar refractivity (Wildman–Crippen MR) is 86.2 cm³/mol. The first-order chi connectivity index (χ1) is 10.1. The molecule has 1 heterocycles. The number of hydrogen-bond acceptors (Lipinski definition) is 2. The van der Waals surface area contributed by atoms with Crippen LogP contribution in [-0.4, -0.2) is 47.5 Å². The molecule has 2 unspecified atom stereocenters. The Morgan fingerprint density at radius 2 is 1.81 bits per heavy atom. The average Bonchev–Trinajstić information content (AvgIpc) is 2.49. The van der Waals surface area contributed by atoms with Gasteiger partial charge in [-0.3, -0.25) is 4.90 Å². The van der Waals surface area contributed by atoms with E-state index in [0.717, 1.165) is 32.6 Å². The van der Waals surface area contributed by atoms with Gasteiger partial charge in [-0.05, 0) is 25.8 Å². The summed E-state index contributed by atoms with van der Waals surface area (Å²) in [7, 11) is 0. The van der Waals surface area contributed by atoms with Crippen molar-refractivity contribution in [1.82, 2.24) is 15.1 Å². The van der Waals surface area contributed by atoms with Crippen LogP contribution in [0.3, 0.4) is 0 Å². The molecule has 4 heteroatoms. The van der Waals surface area contributed by atoms with Crippen molar-refractivity contribution in [1.29, 1.82) is 0 Å². The summed E-state index contributed by atoms with van der Waals surface area (Å²) in [6.45, 7) is 9.79. The Hall–Kier alpha value is -1.55. The fourth-order valence-electron chi connectivity index (χ4n) is 2.97. The van der Waals surface area contributed by atoms with Crippen molar-refractivity contribution in [2.45, 2.75) is 45.8 Å². The third kappa shape index (κ3) is 4.21. The summed E-state index contributed by atoms with van der Waals surface area (Å²) in [6, 6.07) is 11.4. The van der Waals surface area contributed by atoms with Crippen LogP contribution in [0.1, 0.15) is 32.8 Å². The molecule has 0 bridgehead atoms. The first-order valence-corrected chi connectivity index (χ1v) is 7.94. The maximum absolute atomic E-state index is 12.1. The second kappa shape index (κ2) is 7.46. The second-order valence-electron chi connectivity index (χ2n) is 5.99. The normalized spacial score (nSPS) is 23.1. The standard InChI is InChI=1S/C17H27N3O/c1-4-10-18-17(21)19-11-14(2)20(15(3)12-19)13-16-8-6-5-7-9-16/h5-9,14-15H,4,10-13H2,1-3H3,(H,18,21). The van der Waals surface area contributed by atoms with Crippen LogP contribution < -0.4 is 5.32 Å². The third-order valence-corrected chi connectivity index (χ3v) is 4.12. The van der Waals surface area contributed by atoms with Crippen LogP contribution in [0.15, 0.2) is 30.3 Å². The molecule has 1 aliphatic heterocycles. The lowest BCUT2D eigenvalue weighted by molar-refractivity contribution is 0.0493. The van der Waals surface area contributed by atoms with Crippen LogP contribution in [-0.2, 0) is 6.54 Å². The number of nitrogens with zero attached hydrogens (tertiary/aromatic N) is 2. The quantitative estimate of drug-likeness (QED) is 0.925. The zero-order valence-electron chi connectivity index (χ0n) is 13.4. The van der Waals surface area contributed by atoms with Crippen molar-refractivity contribution < 1.29 is 4.79 Å². The fourth-order valence-corrected chi connectivity index (χ4v) is 2.97. The van der Waals surface area contributed by atoms with Crippen molar-refractivity contribution in [2.24, 2.45) is 0 Å². The zero-order chi connectivity index (χ0) is 15.2. The van der Waals surface area contributed by atoms with E-state index in [1.54, 1.807) is 0 Å². The van der Waals surface area contributed by atoms with Crippen LogP contribution in [0, 0.1) is 0 Å². The summed E-state index contributed by atoms with van der Waals surface area (Å²) in [5.41, 5.74) is 1.33. The molecule has 1 N–H and O–H groups in total. The largest absolute Gasteiger partial charge is 0.338 e. The topological polar surface area (TPSA) is 35.6 Å². The Kier molecular flexibility index (Phi) is 5.62. The monoisotopic (exact) mass is 289 g/mol. The van der Waals surface area contributed by atoms with Gasteiger partial charge in [-0.2, -0.15) is 0 Å². The number of rotatable bonds is 4. The summed E-state index contributed by atoms with van der Waals surface area (Å²) < 4.78 is 0. The number of carbonyl (C=O) groups is 1. The van der Waals surface area contributed by atoms with Gasteiger partial charge in [0.05, 0.1) is 0 Å². The molecule has 2 rings (SSSR count). The number of carbonyl (C=O) groups excluding carboxylic acids is 1. The number of piperazine rings is 1. The van der Waals surface area contributed by atoms with Gasteiger partial charge in [-0.15, -0.1) is 0 Å². The van der Waals surface area contributed by atoms with E-state index in [-0.39, 0.29) is 6.03 Å². The lowest BCUT2D eigenvalue weighted by atomic mass is 10.1. The highest BCUT2D eigenvalue weighted by molar-refractivity contribution is 5.74. The third-order valence-electron chi connectivity index (χ3n) is 4.12. The maximum Gasteiger partial charge on any atom is 0.317 e. The SMILES string of the molecule is CCCNC(=O)N1CC(C)N(Cc2ccccc2)C(C)C1. The van der Waals surface area contributed by atoms with Gasteiger partial charge in [0.15, 0.2) is 0 Å². The highest BCUT2D eigenvalue weighted by atomic mass is 16.2. The smallest absolute Gasteiger partial charge is 0.317 e. The van der Waals surface area contributed by atoms with Gasteiger partial charge < -0.3 is 10.2 Å². The lowest BCUT2D eigenvalue weighted by Gasteiger charge is -2.44. The van der Waals surface area contributed by atoms with E-state index in [0.29, 0.717) is 12.1 Å². The van der Waals surface area contributed by atoms with Crippen LogP contribution in [0.5, 0.6) is 0 Å². The molecular weight excluding hydrogens is 262 g/mol. The van der Waals surface area contributed by atoms with Gasteiger partial charge >= 0.3 is 6.03 Å². The van der Waals surface area contributed by atoms with E-state index in [1.807, 2.05) is 11.0 Å². The molecule has 2 atom stereocenters. The van der Waals surface area contributed by atoms with E-state index >= 15 is 0 Å². The van der Waals surface area contributed by atoms with Crippen molar-refractivity contribution in [2.75, 3.05) is 19.6 Å². The minimum absolute atomic E-state index is 0.0786. The summed E-state index contributed by atoms with van der Waals surface area (Å²) in [4.78, 5) is 16.5. The molecule has 116 valence electrons. The lowest BCUT2D eigenvalue weighted by Crippen LogP contribution is -2.59. The Labute approximate surface area is 128 Å². The van der Waals surface area contributed by atoms with Gasteiger partial charge in [0.1, 0.15) is 0 Å². The first-order valence-electron chi connectivity index (χ1n) is 7.94. The molecule has 1 aromatic carbocycles. The molecule has 0 spiro atoms. The van der Waals surface area contributed by atoms with E-state index in [1.165, 1.54) is 5.56 Å². The van der Waals surface area contributed by atoms with Crippen molar-refractivity contribution in [3.8, 4) is 0 Å². The van der Waals surface area contributed by atoms with Gasteiger partial charge in [0.25, 0.3) is 0 Å². The number of nitrogens with one attached hydrogen (secondary N) is 1. The Balaban J connectivity index is 1.94. The first kappa shape index (κ1) is 15.8. The number of benzene rings is 1. The Morgan fingerprint density at radius 1 is 1.19 bits per heavy atom. The van der Waals surface area contributed by atoms with E-state index in [4.69, 9.17) is 0 Å². The van der Waals surface area contributed by atoms with Gasteiger partial charge in [0, 0.05) is 38.3 Å². The summed E-state index contributed by atoms with van der Waals surface area (Å²) in [6.07, 6.45) is 0.977. The molecule has 1 aliphatic rings. The number of amides is 2. The maximum atomic E-state index is 12.1. The molecule has 4 nitrogen and oxygen atoms in total.